The van der Waals surface area contributed by atoms with Crippen molar-refractivity contribution in [1.82, 2.24) is 15.4 Å². The molecule has 0 radical (unpaired) electrons. The molecule has 1 fully saturated rings. The van der Waals surface area contributed by atoms with E-state index in [1.807, 2.05) is 37.3 Å². The molecule has 6 nitrogen and oxygen atoms in total. The number of aromatic hydroxyl groups is 1. The standard InChI is InChI=1S/C23H26N4O2/c1-22(2)16(20-25-17-9-5-6-10-18(17)26-20)12-13-23(22,3)21(29)27-24-14-15-8-4-7-11-19(15)28/h4-11,14,16,28H,12-13H2,1-3H3,(H,25,26)(H,27,29)/b24-14-/t16-,23+/m0/s1. The summed E-state index contributed by atoms with van der Waals surface area (Å²) in [4.78, 5) is 21.3. The van der Waals surface area contributed by atoms with Gasteiger partial charge in [0.25, 0.3) is 0 Å². The van der Waals surface area contributed by atoms with Gasteiger partial charge in [0.2, 0.25) is 5.91 Å². The number of fused-ring (bicyclic) bond motifs is 1. The van der Waals surface area contributed by atoms with E-state index in [9.17, 15) is 9.90 Å². The van der Waals surface area contributed by atoms with E-state index >= 15 is 0 Å². The number of hydrogen-bond donors (Lipinski definition) is 3. The molecule has 0 spiro atoms. The van der Waals surface area contributed by atoms with Gasteiger partial charge >= 0.3 is 0 Å². The summed E-state index contributed by atoms with van der Waals surface area (Å²) in [6.45, 7) is 6.26. The number of nitrogens with zero attached hydrogens (tertiary/aromatic N) is 2. The molecule has 2 atom stereocenters. The van der Waals surface area contributed by atoms with Gasteiger partial charge in [0.05, 0.1) is 22.7 Å². The van der Waals surface area contributed by atoms with Gasteiger partial charge in [-0.2, -0.15) is 5.10 Å². The quantitative estimate of drug-likeness (QED) is 0.457. The van der Waals surface area contributed by atoms with E-state index in [-0.39, 0.29) is 23.0 Å². The molecule has 0 bridgehead atoms. The number of nitrogens with one attached hydrogen (secondary N) is 2. The lowest BCUT2D eigenvalue weighted by Crippen LogP contribution is -2.45. The van der Waals surface area contributed by atoms with E-state index in [4.69, 9.17) is 4.98 Å². The van der Waals surface area contributed by atoms with Crippen LogP contribution in [0.1, 0.15) is 50.9 Å². The Hall–Kier alpha value is -3.15. The van der Waals surface area contributed by atoms with E-state index in [0.717, 1.165) is 29.7 Å². The highest BCUT2D eigenvalue weighted by atomic mass is 16.3. The summed E-state index contributed by atoms with van der Waals surface area (Å²) >= 11 is 0. The predicted octanol–water partition coefficient (Wildman–Crippen LogP) is 4.33. The first-order valence-electron chi connectivity index (χ1n) is 9.89. The summed E-state index contributed by atoms with van der Waals surface area (Å²) in [5, 5.41) is 13.9. The number of H-pyrrole nitrogens is 1. The van der Waals surface area contributed by atoms with Crippen LogP contribution < -0.4 is 5.43 Å². The van der Waals surface area contributed by atoms with E-state index in [0.29, 0.717) is 5.56 Å². The van der Waals surface area contributed by atoms with Crippen LogP contribution in [0.5, 0.6) is 5.75 Å². The highest BCUT2D eigenvalue weighted by molar-refractivity contribution is 5.87. The van der Waals surface area contributed by atoms with Crippen molar-refractivity contribution in [1.29, 1.82) is 0 Å². The van der Waals surface area contributed by atoms with Crippen LogP contribution in [0.2, 0.25) is 0 Å². The minimum Gasteiger partial charge on any atom is -0.507 e. The van der Waals surface area contributed by atoms with Crippen LogP contribution in [0.25, 0.3) is 11.0 Å². The topological polar surface area (TPSA) is 90.4 Å². The highest BCUT2D eigenvalue weighted by Gasteiger charge is 2.57. The second-order valence-electron chi connectivity index (χ2n) is 8.54. The Bertz CT molecular complexity index is 1050. The van der Waals surface area contributed by atoms with Gasteiger partial charge in [-0.15, -0.1) is 0 Å². The van der Waals surface area contributed by atoms with Crippen molar-refractivity contribution in [2.45, 2.75) is 39.5 Å². The molecule has 1 aliphatic rings. The molecule has 1 amide bonds. The summed E-state index contributed by atoms with van der Waals surface area (Å²) in [6, 6.07) is 14.9. The SMILES string of the molecule is CC1(C)[C@H](c2nc3ccccc3[nH]2)CC[C@]1(C)C(=O)N/N=C\c1ccccc1O. The summed E-state index contributed by atoms with van der Waals surface area (Å²) in [6.07, 6.45) is 3.09. The second kappa shape index (κ2) is 7.03. The van der Waals surface area contributed by atoms with Gasteiger partial charge in [0.1, 0.15) is 11.6 Å². The molecule has 3 N–H and O–H groups in total. The molecule has 0 saturated heterocycles. The van der Waals surface area contributed by atoms with Crippen LogP contribution in [0.3, 0.4) is 0 Å². The predicted molar refractivity (Wildman–Crippen MR) is 114 cm³/mol. The Morgan fingerprint density at radius 3 is 2.69 bits per heavy atom. The molecular weight excluding hydrogens is 364 g/mol. The maximum Gasteiger partial charge on any atom is 0.246 e. The van der Waals surface area contributed by atoms with Crippen LogP contribution >= 0.6 is 0 Å². The van der Waals surface area contributed by atoms with E-state index in [1.54, 1.807) is 18.2 Å². The van der Waals surface area contributed by atoms with Crippen molar-refractivity contribution < 1.29 is 9.90 Å². The fourth-order valence-electron chi connectivity index (χ4n) is 4.40. The first-order valence-corrected chi connectivity index (χ1v) is 9.89. The van der Waals surface area contributed by atoms with Crippen LogP contribution in [0.4, 0.5) is 0 Å². The molecule has 2 aromatic carbocycles. The van der Waals surface area contributed by atoms with Crippen molar-refractivity contribution in [3.05, 3.63) is 59.9 Å². The average Bonchev–Trinajstić information content (AvgIpc) is 3.22. The third-order valence-corrected chi connectivity index (χ3v) is 6.77. The Labute approximate surface area is 170 Å². The molecule has 29 heavy (non-hydrogen) atoms. The Morgan fingerprint density at radius 2 is 1.93 bits per heavy atom. The highest BCUT2D eigenvalue weighted by Crippen LogP contribution is 2.59. The zero-order valence-electron chi connectivity index (χ0n) is 16.9. The van der Waals surface area contributed by atoms with Crippen molar-refractivity contribution >= 4 is 23.2 Å². The van der Waals surface area contributed by atoms with Gasteiger partial charge in [-0.1, -0.05) is 45.0 Å². The lowest BCUT2D eigenvalue weighted by atomic mass is 9.65. The van der Waals surface area contributed by atoms with E-state index in [1.165, 1.54) is 6.21 Å². The van der Waals surface area contributed by atoms with Gasteiger partial charge in [-0.05, 0) is 42.5 Å². The number of carbonyl (C=O) groups is 1. The summed E-state index contributed by atoms with van der Waals surface area (Å²) < 4.78 is 0. The van der Waals surface area contributed by atoms with Gasteiger partial charge in [0.15, 0.2) is 0 Å². The van der Waals surface area contributed by atoms with Crippen LogP contribution in [0.15, 0.2) is 53.6 Å². The molecule has 150 valence electrons. The summed E-state index contributed by atoms with van der Waals surface area (Å²) in [5.41, 5.74) is 4.31. The second-order valence-corrected chi connectivity index (χ2v) is 8.54. The number of carbonyl (C=O) groups excluding carboxylic acids is 1. The summed E-state index contributed by atoms with van der Waals surface area (Å²) in [7, 11) is 0. The molecule has 1 heterocycles. The first-order chi connectivity index (χ1) is 13.8. The van der Waals surface area contributed by atoms with Crippen molar-refractivity contribution in [3.8, 4) is 5.75 Å². The number of amides is 1. The molecule has 0 aliphatic heterocycles. The average molecular weight is 390 g/mol. The molecule has 1 aromatic heterocycles. The molecule has 0 unspecified atom stereocenters. The van der Waals surface area contributed by atoms with Crippen molar-refractivity contribution in [3.63, 3.8) is 0 Å². The zero-order chi connectivity index (χ0) is 20.6. The molecule has 1 aliphatic carbocycles. The smallest absolute Gasteiger partial charge is 0.246 e. The fraction of sp³-hybridized carbons (Fsp3) is 0.348. The van der Waals surface area contributed by atoms with Crippen LogP contribution in [-0.4, -0.2) is 27.2 Å². The number of phenolic OH excluding ortho intramolecular Hbond substituents is 1. The number of aromatic amines is 1. The number of rotatable bonds is 4. The Morgan fingerprint density at radius 1 is 1.21 bits per heavy atom. The largest absolute Gasteiger partial charge is 0.507 e. The van der Waals surface area contributed by atoms with E-state index < -0.39 is 5.41 Å². The maximum absolute atomic E-state index is 13.1. The molecule has 3 aromatic rings. The maximum atomic E-state index is 13.1. The zero-order valence-corrected chi connectivity index (χ0v) is 16.9. The Balaban J connectivity index is 1.54. The number of hydrogen-bond acceptors (Lipinski definition) is 4. The number of hydrazone groups is 1. The minimum absolute atomic E-state index is 0.118. The van der Waals surface area contributed by atoms with Crippen LogP contribution in [-0.2, 0) is 4.79 Å². The number of phenols is 1. The normalized spacial score (nSPS) is 23.6. The number of imidazole rings is 1. The van der Waals surface area contributed by atoms with Crippen LogP contribution in [0, 0.1) is 10.8 Å². The lowest BCUT2D eigenvalue weighted by molar-refractivity contribution is -0.135. The van der Waals surface area contributed by atoms with Gasteiger partial charge in [0, 0.05) is 11.5 Å². The molecule has 6 heteroatoms. The van der Waals surface area contributed by atoms with Crippen molar-refractivity contribution in [2.24, 2.45) is 15.9 Å². The third-order valence-electron chi connectivity index (χ3n) is 6.77. The van der Waals surface area contributed by atoms with Gasteiger partial charge in [-0.25, -0.2) is 10.4 Å². The Kier molecular flexibility index (Phi) is 4.65. The number of para-hydroxylation sites is 3. The fourth-order valence-corrected chi connectivity index (χ4v) is 4.40. The number of aromatic nitrogens is 2. The van der Waals surface area contributed by atoms with Gasteiger partial charge in [-0.3, -0.25) is 4.79 Å². The number of benzene rings is 2. The molecule has 1 saturated carbocycles. The van der Waals surface area contributed by atoms with Gasteiger partial charge < -0.3 is 10.1 Å². The lowest BCUT2D eigenvalue weighted by Gasteiger charge is -2.39. The van der Waals surface area contributed by atoms with E-state index in [2.05, 4.69) is 29.4 Å². The molecule has 4 rings (SSSR count). The summed E-state index contributed by atoms with van der Waals surface area (Å²) in [5.74, 6) is 1.09. The molecular formula is C23H26N4O2. The minimum atomic E-state index is -0.591. The third kappa shape index (κ3) is 3.18. The van der Waals surface area contributed by atoms with Crippen molar-refractivity contribution in [2.75, 3.05) is 0 Å². The first kappa shape index (κ1) is 19.2. The monoisotopic (exact) mass is 390 g/mol.